The highest BCUT2D eigenvalue weighted by Crippen LogP contribution is 2.34. The van der Waals surface area contributed by atoms with Crippen molar-refractivity contribution in [2.45, 2.75) is 45.1 Å². The standard InChI is InChI=1S/C16H21FN2O/c1-16(2,3)19-8-6-11(7-9-19)15-13-5-4-12(17)10-14(13)20-18-15/h4-5,10-11H,6-9H2,1-3H3. The van der Waals surface area contributed by atoms with Gasteiger partial charge in [0.15, 0.2) is 5.58 Å². The van der Waals surface area contributed by atoms with E-state index in [2.05, 4.69) is 30.8 Å². The Hall–Kier alpha value is -1.42. The molecule has 3 rings (SSSR count). The zero-order valence-corrected chi connectivity index (χ0v) is 12.3. The van der Waals surface area contributed by atoms with Crippen LogP contribution in [0, 0.1) is 5.82 Å². The zero-order valence-electron chi connectivity index (χ0n) is 12.3. The van der Waals surface area contributed by atoms with Gasteiger partial charge in [0.2, 0.25) is 0 Å². The van der Waals surface area contributed by atoms with Crippen LogP contribution in [0.1, 0.15) is 45.2 Å². The van der Waals surface area contributed by atoms with E-state index in [4.69, 9.17) is 4.52 Å². The second kappa shape index (κ2) is 4.85. The molecule has 2 heterocycles. The maximum atomic E-state index is 13.2. The minimum atomic E-state index is -0.275. The minimum absolute atomic E-state index is 0.222. The summed E-state index contributed by atoms with van der Waals surface area (Å²) in [6.45, 7) is 8.90. The third-order valence-electron chi connectivity index (χ3n) is 4.29. The van der Waals surface area contributed by atoms with Gasteiger partial charge in [0.1, 0.15) is 5.82 Å². The molecule has 108 valence electrons. The lowest BCUT2D eigenvalue weighted by atomic mass is 9.89. The Balaban J connectivity index is 1.80. The molecule has 2 aromatic rings. The number of halogens is 1. The highest BCUT2D eigenvalue weighted by atomic mass is 19.1. The zero-order chi connectivity index (χ0) is 14.3. The lowest BCUT2D eigenvalue weighted by Crippen LogP contribution is -2.45. The molecule has 0 saturated carbocycles. The molecule has 20 heavy (non-hydrogen) atoms. The van der Waals surface area contributed by atoms with E-state index in [0.717, 1.165) is 37.0 Å². The molecule has 1 fully saturated rings. The van der Waals surface area contributed by atoms with Crippen LogP contribution in [-0.4, -0.2) is 28.7 Å². The van der Waals surface area contributed by atoms with Gasteiger partial charge in [0, 0.05) is 22.9 Å². The largest absolute Gasteiger partial charge is 0.356 e. The van der Waals surface area contributed by atoms with Crippen LogP contribution in [0.4, 0.5) is 4.39 Å². The second-order valence-corrected chi connectivity index (χ2v) is 6.64. The summed E-state index contributed by atoms with van der Waals surface area (Å²) in [6.07, 6.45) is 2.16. The van der Waals surface area contributed by atoms with Crippen LogP contribution in [-0.2, 0) is 0 Å². The Morgan fingerprint density at radius 3 is 2.60 bits per heavy atom. The van der Waals surface area contributed by atoms with Gasteiger partial charge in [0.25, 0.3) is 0 Å². The average Bonchev–Trinajstić information content (AvgIpc) is 2.80. The molecule has 1 aliphatic heterocycles. The molecule has 0 spiro atoms. The Morgan fingerprint density at radius 2 is 1.95 bits per heavy atom. The van der Waals surface area contributed by atoms with Crippen LogP contribution in [0.5, 0.6) is 0 Å². The van der Waals surface area contributed by atoms with Crippen LogP contribution >= 0.6 is 0 Å². The van der Waals surface area contributed by atoms with Crippen molar-refractivity contribution >= 4 is 11.0 Å². The predicted molar refractivity (Wildman–Crippen MR) is 77.3 cm³/mol. The van der Waals surface area contributed by atoms with Gasteiger partial charge in [-0.1, -0.05) is 5.16 Å². The third kappa shape index (κ3) is 2.44. The predicted octanol–water partition coefficient (Wildman–Crippen LogP) is 3.94. The summed E-state index contributed by atoms with van der Waals surface area (Å²) in [5, 5.41) is 5.15. The second-order valence-electron chi connectivity index (χ2n) is 6.64. The summed E-state index contributed by atoms with van der Waals surface area (Å²) >= 11 is 0. The molecule has 1 aliphatic rings. The SMILES string of the molecule is CC(C)(C)N1CCC(c2noc3cc(F)ccc23)CC1. The Kier molecular flexibility index (Phi) is 3.28. The topological polar surface area (TPSA) is 29.3 Å². The van der Waals surface area contributed by atoms with Crippen molar-refractivity contribution in [2.24, 2.45) is 0 Å². The Bertz CT molecular complexity index is 606. The summed E-state index contributed by atoms with van der Waals surface area (Å²) in [5.74, 6) is 0.142. The maximum absolute atomic E-state index is 13.2. The van der Waals surface area contributed by atoms with Crippen LogP contribution in [0.2, 0.25) is 0 Å². The number of rotatable bonds is 1. The van der Waals surface area contributed by atoms with Gasteiger partial charge in [-0.05, 0) is 58.8 Å². The van der Waals surface area contributed by atoms with Gasteiger partial charge in [-0.25, -0.2) is 4.39 Å². The summed E-state index contributed by atoms with van der Waals surface area (Å²) in [5.41, 5.74) is 1.77. The molecule has 0 N–H and O–H groups in total. The first-order valence-corrected chi connectivity index (χ1v) is 7.25. The molecule has 3 nitrogen and oxygen atoms in total. The number of hydrogen-bond donors (Lipinski definition) is 0. The van der Waals surface area contributed by atoms with Gasteiger partial charge < -0.3 is 4.52 Å². The lowest BCUT2D eigenvalue weighted by molar-refractivity contribution is 0.101. The molecule has 0 radical (unpaired) electrons. The highest BCUT2D eigenvalue weighted by Gasteiger charge is 2.29. The Morgan fingerprint density at radius 1 is 1.25 bits per heavy atom. The van der Waals surface area contributed by atoms with E-state index in [1.54, 1.807) is 6.07 Å². The van der Waals surface area contributed by atoms with E-state index >= 15 is 0 Å². The van der Waals surface area contributed by atoms with Crippen LogP contribution in [0.15, 0.2) is 22.7 Å². The molecule has 1 saturated heterocycles. The van der Waals surface area contributed by atoms with Crippen molar-refractivity contribution in [3.05, 3.63) is 29.7 Å². The maximum Gasteiger partial charge on any atom is 0.170 e. The first kappa shape index (κ1) is 13.6. The number of nitrogens with zero attached hydrogens (tertiary/aromatic N) is 2. The molecule has 1 aromatic heterocycles. The molecule has 0 unspecified atom stereocenters. The third-order valence-corrected chi connectivity index (χ3v) is 4.29. The fraction of sp³-hybridized carbons (Fsp3) is 0.562. The first-order valence-electron chi connectivity index (χ1n) is 7.25. The van der Waals surface area contributed by atoms with Crippen LogP contribution in [0.25, 0.3) is 11.0 Å². The first-order chi connectivity index (χ1) is 9.45. The van der Waals surface area contributed by atoms with E-state index in [1.807, 2.05) is 0 Å². The molecule has 0 bridgehead atoms. The van der Waals surface area contributed by atoms with Crippen LogP contribution < -0.4 is 0 Å². The number of hydrogen-bond acceptors (Lipinski definition) is 3. The summed E-state index contributed by atoms with van der Waals surface area (Å²) in [7, 11) is 0. The van der Waals surface area contributed by atoms with Crippen molar-refractivity contribution in [1.29, 1.82) is 0 Å². The number of aromatic nitrogens is 1. The molecular weight excluding hydrogens is 255 g/mol. The smallest absolute Gasteiger partial charge is 0.170 e. The fourth-order valence-electron chi connectivity index (χ4n) is 3.05. The Labute approximate surface area is 118 Å². The van der Waals surface area contributed by atoms with E-state index in [-0.39, 0.29) is 11.4 Å². The molecule has 1 aromatic carbocycles. The summed E-state index contributed by atoms with van der Waals surface area (Å²) in [4.78, 5) is 2.51. The molecule has 0 aliphatic carbocycles. The van der Waals surface area contributed by atoms with Crippen molar-refractivity contribution in [3.63, 3.8) is 0 Å². The van der Waals surface area contributed by atoms with Crippen molar-refractivity contribution < 1.29 is 8.91 Å². The van der Waals surface area contributed by atoms with Crippen molar-refractivity contribution in [3.8, 4) is 0 Å². The molecular formula is C16H21FN2O. The normalized spacial score (nSPS) is 18.8. The number of fused-ring (bicyclic) bond motifs is 1. The van der Waals surface area contributed by atoms with Crippen molar-refractivity contribution in [2.75, 3.05) is 13.1 Å². The lowest BCUT2D eigenvalue weighted by Gasteiger charge is -2.40. The summed E-state index contributed by atoms with van der Waals surface area (Å²) < 4.78 is 18.4. The van der Waals surface area contributed by atoms with Crippen LogP contribution in [0.3, 0.4) is 0 Å². The quantitative estimate of drug-likeness (QED) is 0.790. The van der Waals surface area contributed by atoms with E-state index in [9.17, 15) is 4.39 Å². The van der Waals surface area contributed by atoms with Gasteiger partial charge >= 0.3 is 0 Å². The van der Waals surface area contributed by atoms with Crippen molar-refractivity contribution in [1.82, 2.24) is 10.1 Å². The molecule has 0 atom stereocenters. The number of likely N-dealkylation sites (tertiary alicyclic amines) is 1. The molecule has 4 heteroatoms. The summed E-state index contributed by atoms with van der Waals surface area (Å²) in [6, 6.07) is 4.68. The van der Waals surface area contributed by atoms with Gasteiger partial charge in [0.05, 0.1) is 5.69 Å². The molecule has 0 amide bonds. The minimum Gasteiger partial charge on any atom is -0.356 e. The highest BCUT2D eigenvalue weighted by molar-refractivity contribution is 5.79. The van der Waals surface area contributed by atoms with Gasteiger partial charge in [-0.2, -0.15) is 0 Å². The number of piperidine rings is 1. The number of benzene rings is 1. The van der Waals surface area contributed by atoms with Gasteiger partial charge in [-0.3, -0.25) is 4.90 Å². The fourth-order valence-corrected chi connectivity index (χ4v) is 3.05. The van der Waals surface area contributed by atoms with E-state index in [1.165, 1.54) is 12.1 Å². The average molecular weight is 276 g/mol. The van der Waals surface area contributed by atoms with E-state index < -0.39 is 0 Å². The van der Waals surface area contributed by atoms with Gasteiger partial charge in [-0.15, -0.1) is 0 Å². The van der Waals surface area contributed by atoms with E-state index in [0.29, 0.717) is 11.5 Å². The monoisotopic (exact) mass is 276 g/mol.